The van der Waals surface area contributed by atoms with Gasteiger partial charge in [0.25, 0.3) is 0 Å². The maximum Gasteiger partial charge on any atom is 0.320 e. The van der Waals surface area contributed by atoms with Gasteiger partial charge >= 0.3 is 6.03 Å². The number of morpholine rings is 1. The number of amides is 2. The summed E-state index contributed by atoms with van der Waals surface area (Å²) in [5, 5.41) is 3.17. The minimum atomic E-state index is 0.0627. The molecule has 0 aromatic carbocycles. The standard InChI is InChI=1S/C15H26N4O2S/c1-4-19(5-2)15(20)17(3)10-13-12-22-14(16-13)11-18-6-8-21-9-7-18/h12H,4-11H2,1-3H3. The van der Waals surface area contributed by atoms with Gasteiger partial charge in [0.1, 0.15) is 5.01 Å². The summed E-state index contributed by atoms with van der Waals surface area (Å²) >= 11 is 1.67. The topological polar surface area (TPSA) is 48.9 Å². The van der Waals surface area contributed by atoms with E-state index in [0.29, 0.717) is 6.54 Å². The van der Waals surface area contributed by atoms with Crippen LogP contribution < -0.4 is 0 Å². The van der Waals surface area contributed by atoms with Crippen LogP contribution >= 0.6 is 11.3 Å². The number of carbonyl (C=O) groups excluding carboxylic acids is 1. The van der Waals surface area contributed by atoms with Gasteiger partial charge in [-0.2, -0.15) is 0 Å². The smallest absolute Gasteiger partial charge is 0.320 e. The molecule has 2 rings (SSSR count). The summed E-state index contributed by atoms with van der Waals surface area (Å²) in [4.78, 5) is 22.8. The Kier molecular flexibility index (Phi) is 6.60. The third-order valence-electron chi connectivity index (χ3n) is 3.82. The van der Waals surface area contributed by atoms with E-state index >= 15 is 0 Å². The lowest BCUT2D eigenvalue weighted by atomic mass is 10.4. The molecule has 1 fully saturated rings. The zero-order chi connectivity index (χ0) is 15.9. The van der Waals surface area contributed by atoms with Crippen LogP contribution in [0.1, 0.15) is 24.5 Å². The van der Waals surface area contributed by atoms with Crippen LogP contribution in [0.25, 0.3) is 0 Å². The second-order valence-electron chi connectivity index (χ2n) is 5.43. The monoisotopic (exact) mass is 326 g/mol. The first kappa shape index (κ1) is 17.2. The van der Waals surface area contributed by atoms with Gasteiger partial charge in [-0.3, -0.25) is 4.90 Å². The number of hydrogen-bond donors (Lipinski definition) is 0. The second-order valence-corrected chi connectivity index (χ2v) is 6.37. The van der Waals surface area contributed by atoms with E-state index in [4.69, 9.17) is 4.74 Å². The SMILES string of the molecule is CCN(CC)C(=O)N(C)Cc1csc(CN2CCOCC2)n1. The fraction of sp³-hybridized carbons (Fsp3) is 0.733. The second kappa shape index (κ2) is 8.45. The predicted molar refractivity (Wildman–Crippen MR) is 88.0 cm³/mol. The van der Waals surface area contributed by atoms with E-state index in [2.05, 4.69) is 15.3 Å². The first-order valence-electron chi connectivity index (χ1n) is 7.87. The average Bonchev–Trinajstić information content (AvgIpc) is 2.96. The Hall–Kier alpha value is -1.18. The van der Waals surface area contributed by atoms with Gasteiger partial charge in [-0.1, -0.05) is 0 Å². The number of thiazole rings is 1. The van der Waals surface area contributed by atoms with Crippen LogP contribution in [0.4, 0.5) is 4.79 Å². The molecule has 7 heteroatoms. The third kappa shape index (κ3) is 4.66. The minimum absolute atomic E-state index is 0.0627. The first-order chi connectivity index (χ1) is 10.6. The molecule has 1 aromatic heterocycles. The Balaban J connectivity index is 1.86. The van der Waals surface area contributed by atoms with Crippen molar-refractivity contribution in [2.75, 3.05) is 46.4 Å². The number of urea groups is 1. The normalized spacial score (nSPS) is 15.8. The lowest BCUT2D eigenvalue weighted by Crippen LogP contribution is -2.40. The number of ether oxygens (including phenoxy) is 1. The Morgan fingerprint density at radius 2 is 2.05 bits per heavy atom. The zero-order valence-corrected chi connectivity index (χ0v) is 14.6. The Labute approximate surface area is 136 Å². The number of nitrogens with zero attached hydrogens (tertiary/aromatic N) is 4. The van der Waals surface area contributed by atoms with Crippen molar-refractivity contribution in [2.24, 2.45) is 0 Å². The molecule has 0 unspecified atom stereocenters. The van der Waals surface area contributed by atoms with Crippen LogP contribution in [0.15, 0.2) is 5.38 Å². The van der Waals surface area contributed by atoms with Gasteiger partial charge in [0.2, 0.25) is 0 Å². The molecule has 1 aliphatic rings. The summed E-state index contributed by atoms with van der Waals surface area (Å²) < 4.78 is 5.36. The molecule has 0 saturated carbocycles. The maximum absolute atomic E-state index is 12.2. The molecule has 22 heavy (non-hydrogen) atoms. The molecule has 0 bridgehead atoms. The fourth-order valence-electron chi connectivity index (χ4n) is 2.49. The van der Waals surface area contributed by atoms with Gasteiger partial charge in [-0.15, -0.1) is 11.3 Å². The van der Waals surface area contributed by atoms with Crippen LogP contribution in [-0.2, 0) is 17.8 Å². The highest BCUT2D eigenvalue weighted by Crippen LogP contribution is 2.15. The molecule has 0 aliphatic carbocycles. The van der Waals surface area contributed by atoms with Crippen molar-refractivity contribution in [3.8, 4) is 0 Å². The Bertz CT molecular complexity index is 470. The van der Waals surface area contributed by atoms with Crippen molar-refractivity contribution in [1.82, 2.24) is 19.7 Å². The number of aromatic nitrogens is 1. The van der Waals surface area contributed by atoms with Gasteiger partial charge in [0.15, 0.2) is 0 Å². The highest BCUT2D eigenvalue weighted by Gasteiger charge is 2.17. The number of hydrogen-bond acceptors (Lipinski definition) is 5. The molecule has 2 heterocycles. The molecular formula is C15H26N4O2S. The quantitative estimate of drug-likeness (QED) is 0.801. The van der Waals surface area contributed by atoms with Crippen molar-refractivity contribution < 1.29 is 9.53 Å². The van der Waals surface area contributed by atoms with Gasteiger partial charge < -0.3 is 14.5 Å². The van der Waals surface area contributed by atoms with E-state index in [1.54, 1.807) is 16.2 Å². The molecule has 0 spiro atoms. The van der Waals surface area contributed by atoms with Crippen LogP contribution in [0.3, 0.4) is 0 Å². The zero-order valence-electron chi connectivity index (χ0n) is 13.7. The van der Waals surface area contributed by atoms with Crippen LogP contribution in [0.5, 0.6) is 0 Å². The van der Waals surface area contributed by atoms with Gasteiger partial charge in [0.05, 0.1) is 32.0 Å². The third-order valence-corrected chi connectivity index (χ3v) is 4.70. The molecule has 6 nitrogen and oxygen atoms in total. The summed E-state index contributed by atoms with van der Waals surface area (Å²) in [6.45, 7) is 10.5. The Morgan fingerprint density at radius 1 is 1.36 bits per heavy atom. The molecule has 1 aliphatic heterocycles. The average molecular weight is 326 g/mol. The highest BCUT2D eigenvalue weighted by molar-refractivity contribution is 7.09. The number of carbonyl (C=O) groups is 1. The summed E-state index contributed by atoms with van der Waals surface area (Å²) in [5.74, 6) is 0. The van der Waals surface area contributed by atoms with Crippen molar-refractivity contribution in [3.63, 3.8) is 0 Å². The van der Waals surface area contributed by atoms with Gasteiger partial charge in [0, 0.05) is 38.6 Å². The largest absolute Gasteiger partial charge is 0.379 e. The summed E-state index contributed by atoms with van der Waals surface area (Å²) in [6, 6.07) is 0.0627. The van der Waals surface area contributed by atoms with Crippen molar-refractivity contribution in [3.05, 3.63) is 16.1 Å². The summed E-state index contributed by atoms with van der Waals surface area (Å²) in [6.07, 6.45) is 0. The molecule has 1 saturated heterocycles. The van der Waals surface area contributed by atoms with E-state index in [0.717, 1.165) is 56.6 Å². The predicted octanol–water partition coefficient (Wildman–Crippen LogP) is 1.87. The van der Waals surface area contributed by atoms with E-state index < -0.39 is 0 Å². The van der Waals surface area contributed by atoms with E-state index in [1.807, 2.05) is 25.8 Å². The van der Waals surface area contributed by atoms with Crippen LogP contribution in [0.2, 0.25) is 0 Å². The fourth-order valence-corrected chi connectivity index (χ4v) is 3.32. The molecule has 2 amide bonds. The van der Waals surface area contributed by atoms with Gasteiger partial charge in [-0.25, -0.2) is 9.78 Å². The molecular weight excluding hydrogens is 300 g/mol. The van der Waals surface area contributed by atoms with Crippen molar-refractivity contribution in [1.29, 1.82) is 0 Å². The van der Waals surface area contributed by atoms with E-state index in [1.165, 1.54) is 0 Å². The van der Waals surface area contributed by atoms with Crippen molar-refractivity contribution >= 4 is 17.4 Å². The van der Waals surface area contributed by atoms with Crippen LogP contribution in [0, 0.1) is 0 Å². The number of rotatable bonds is 6. The van der Waals surface area contributed by atoms with E-state index in [-0.39, 0.29) is 6.03 Å². The van der Waals surface area contributed by atoms with Gasteiger partial charge in [-0.05, 0) is 13.8 Å². The molecule has 1 aromatic rings. The van der Waals surface area contributed by atoms with Crippen molar-refractivity contribution in [2.45, 2.75) is 26.9 Å². The summed E-state index contributed by atoms with van der Waals surface area (Å²) in [7, 11) is 1.83. The maximum atomic E-state index is 12.2. The highest BCUT2D eigenvalue weighted by atomic mass is 32.1. The molecule has 124 valence electrons. The molecule has 0 N–H and O–H groups in total. The lowest BCUT2D eigenvalue weighted by Gasteiger charge is -2.26. The minimum Gasteiger partial charge on any atom is -0.379 e. The van der Waals surface area contributed by atoms with E-state index in [9.17, 15) is 4.79 Å². The molecule has 0 atom stereocenters. The lowest BCUT2D eigenvalue weighted by molar-refractivity contribution is 0.0341. The van der Waals surface area contributed by atoms with Crippen LogP contribution in [-0.4, -0.2) is 72.2 Å². The first-order valence-corrected chi connectivity index (χ1v) is 8.75. The molecule has 0 radical (unpaired) electrons. The summed E-state index contributed by atoms with van der Waals surface area (Å²) in [5.41, 5.74) is 0.969. The Morgan fingerprint density at radius 3 is 2.68 bits per heavy atom.